The topological polar surface area (TPSA) is 50.7 Å². The summed E-state index contributed by atoms with van der Waals surface area (Å²) >= 11 is 0. The van der Waals surface area contributed by atoms with Gasteiger partial charge in [-0.25, -0.2) is 0 Å². The molecule has 2 N–H and O–H groups in total. The standard InChI is InChI=1S/C5H5N3/c6-5-1-2-7-3-4-8-5/h1-3H,6H2. The first kappa shape index (κ1) is 4.81. The summed E-state index contributed by atoms with van der Waals surface area (Å²) in [5, 5.41) is 0. The average Bonchev–Trinajstić information content (AvgIpc) is 1.94. The van der Waals surface area contributed by atoms with E-state index in [1.54, 1.807) is 12.3 Å². The molecular formula is C5H5N3. The Kier molecular flexibility index (Phi) is 1.26. The van der Waals surface area contributed by atoms with Gasteiger partial charge in [-0.2, -0.15) is 4.99 Å². The molecular weight excluding hydrogens is 102 g/mol. The molecule has 3 nitrogen and oxygen atoms in total. The lowest BCUT2D eigenvalue weighted by Gasteiger charge is -1.78. The first-order valence-corrected chi connectivity index (χ1v) is 2.16. The maximum atomic E-state index is 5.26. The van der Waals surface area contributed by atoms with Crippen molar-refractivity contribution in [2.45, 2.75) is 0 Å². The molecule has 0 unspecified atom stereocenters. The van der Waals surface area contributed by atoms with Crippen molar-refractivity contribution in [3.63, 3.8) is 0 Å². The normalized spacial score (nSPS) is 15.8. The van der Waals surface area contributed by atoms with Crippen LogP contribution in [-0.4, -0.2) is 12.1 Å². The summed E-state index contributed by atoms with van der Waals surface area (Å²) in [6.45, 7) is 0. The summed E-state index contributed by atoms with van der Waals surface area (Å²) in [4.78, 5) is 7.34. The number of rotatable bonds is 0. The lowest BCUT2D eigenvalue weighted by Crippen LogP contribution is -1.91. The van der Waals surface area contributed by atoms with Crippen LogP contribution in [0.2, 0.25) is 0 Å². The van der Waals surface area contributed by atoms with Crippen LogP contribution in [0.5, 0.6) is 0 Å². The molecule has 0 spiro atoms. The van der Waals surface area contributed by atoms with Crippen LogP contribution < -0.4 is 5.73 Å². The number of hydrogen-bond donors (Lipinski definition) is 1. The SMILES string of the molecule is NC1=CC=NC=C=N1. The Labute approximate surface area is 46.9 Å². The van der Waals surface area contributed by atoms with E-state index in [-0.39, 0.29) is 0 Å². The number of allylic oxidation sites excluding steroid dienone is 1. The van der Waals surface area contributed by atoms with E-state index >= 15 is 0 Å². The highest BCUT2D eigenvalue weighted by Gasteiger charge is 1.78. The summed E-state index contributed by atoms with van der Waals surface area (Å²) in [5.41, 5.74) is 5.26. The van der Waals surface area contributed by atoms with Crippen molar-refractivity contribution >= 4 is 12.1 Å². The van der Waals surface area contributed by atoms with Crippen molar-refractivity contribution in [2.75, 3.05) is 0 Å². The van der Waals surface area contributed by atoms with Gasteiger partial charge in [-0.05, 0) is 6.08 Å². The Balaban J connectivity index is 2.94. The molecule has 1 heterocycles. The molecule has 1 aliphatic heterocycles. The summed E-state index contributed by atoms with van der Waals surface area (Å²) in [6.07, 6.45) is 4.63. The Bertz CT molecular complexity index is 194. The highest BCUT2D eigenvalue weighted by Crippen LogP contribution is 1.83. The second-order valence-corrected chi connectivity index (χ2v) is 1.26. The molecule has 0 fully saturated rings. The van der Waals surface area contributed by atoms with Crippen LogP contribution >= 0.6 is 0 Å². The average molecular weight is 107 g/mol. The molecule has 0 aromatic rings. The number of nitrogens with two attached hydrogens (primary N) is 1. The Morgan fingerprint density at radius 1 is 1.62 bits per heavy atom. The highest BCUT2D eigenvalue weighted by molar-refractivity contribution is 5.75. The van der Waals surface area contributed by atoms with E-state index in [2.05, 4.69) is 15.9 Å². The maximum Gasteiger partial charge on any atom is 0.134 e. The first-order chi connectivity index (χ1) is 3.89. The smallest absolute Gasteiger partial charge is 0.134 e. The molecule has 40 valence electrons. The highest BCUT2D eigenvalue weighted by atomic mass is 14.9. The van der Waals surface area contributed by atoms with Crippen molar-refractivity contribution in [1.82, 2.24) is 0 Å². The fraction of sp³-hybridized carbons (Fsp3) is 0. The predicted octanol–water partition coefficient (Wildman–Crippen LogP) is 0.0543. The fourth-order valence-electron chi connectivity index (χ4n) is 0.336. The zero-order valence-corrected chi connectivity index (χ0v) is 4.20. The minimum absolute atomic E-state index is 0.433. The van der Waals surface area contributed by atoms with Crippen molar-refractivity contribution < 1.29 is 0 Å². The Morgan fingerprint density at radius 2 is 2.50 bits per heavy atom. The van der Waals surface area contributed by atoms with E-state index < -0.39 is 0 Å². The zero-order chi connectivity index (χ0) is 5.82. The largest absolute Gasteiger partial charge is 0.383 e. The van der Waals surface area contributed by atoms with Gasteiger partial charge >= 0.3 is 0 Å². The van der Waals surface area contributed by atoms with Crippen molar-refractivity contribution in [2.24, 2.45) is 15.7 Å². The lowest BCUT2D eigenvalue weighted by molar-refractivity contribution is 1.27. The number of aliphatic imine (C=N–C) groups is 2. The van der Waals surface area contributed by atoms with Crippen LogP contribution in [-0.2, 0) is 0 Å². The van der Waals surface area contributed by atoms with E-state index in [0.717, 1.165) is 0 Å². The van der Waals surface area contributed by atoms with Gasteiger partial charge in [0, 0.05) is 12.1 Å². The minimum Gasteiger partial charge on any atom is -0.383 e. The van der Waals surface area contributed by atoms with Crippen molar-refractivity contribution in [1.29, 1.82) is 0 Å². The molecule has 8 heavy (non-hydrogen) atoms. The minimum atomic E-state index is 0.433. The Hall–Kier alpha value is -1.34. The molecule has 0 radical (unpaired) electrons. The molecule has 0 aliphatic carbocycles. The molecule has 0 saturated heterocycles. The van der Waals surface area contributed by atoms with E-state index in [0.29, 0.717) is 5.82 Å². The summed E-state index contributed by atoms with van der Waals surface area (Å²) < 4.78 is 0. The van der Waals surface area contributed by atoms with Crippen LogP contribution in [0.25, 0.3) is 0 Å². The monoisotopic (exact) mass is 107 g/mol. The molecule has 1 aliphatic rings. The molecule has 0 bridgehead atoms. The molecule has 0 aromatic heterocycles. The van der Waals surface area contributed by atoms with Gasteiger partial charge in [-0.15, -0.1) is 0 Å². The molecule has 0 amide bonds. The van der Waals surface area contributed by atoms with Crippen LogP contribution in [0.1, 0.15) is 0 Å². The maximum absolute atomic E-state index is 5.26. The Morgan fingerprint density at radius 3 is 3.38 bits per heavy atom. The number of hydrogen-bond acceptors (Lipinski definition) is 3. The van der Waals surface area contributed by atoms with Gasteiger partial charge in [-0.1, -0.05) is 0 Å². The molecule has 0 aromatic carbocycles. The van der Waals surface area contributed by atoms with Crippen molar-refractivity contribution in [3.05, 3.63) is 18.1 Å². The van der Waals surface area contributed by atoms with Gasteiger partial charge in [0.2, 0.25) is 0 Å². The molecule has 0 saturated carbocycles. The third kappa shape index (κ3) is 1.06. The first-order valence-electron chi connectivity index (χ1n) is 2.16. The quantitative estimate of drug-likeness (QED) is 0.467. The van der Waals surface area contributed by atoms with Crippen LogP contribution in [0.3, 0.4) is 0 Å². The van der Waals surface area contributed by atoms with Crippen LogP contribution in [0, 0.1) is 0 Å². The molecule has 0 atom stereocenters. The predicted molar refractivity (Wildman–Crippen MR) is 32.8 cm³/mol. The summed E-state index contributed by atoms with van der Waals surface area (Å²) in [6, 6.07) is 0. The van der Waals surface area contributed by atoms with E-state index in [1.165, 1.54) is 6.20 Å². The van der Waals surface area contributed by atoms with E-state index in [1.807, 2.05) is 0 Å². The van der Waals surface area contributed by atoms with Gasteiger partial charge < -0.3 is 5.73 Å². The van der Waals surface area contributed by atoms with Gasteiger partial charge in [0.15, 0.2) is 0 Å². The second-order valence-electron chi connectivity index (χ2n) is 1.26. The van der Waals surface area contributed by atoms with Crippen LogP contribution in [0.15, 0.2) is 28.1 Å². The third-order valence-corrected chi connectivity index (χ3v) is 0.657. The van der Waals surface area contributed by atoms with E-state index in [9.17, 15) is 0 Å². The third-order valence-electron chi connectivity index (χ3n) is 0.657. The second kappa shape index (κ2) is 2.09. The summed E-state index contributed by atoms with van der Waals surface area (Å²) in [5.74, 6) is 2.94. The molecule has 1 rings (SSSR count). The van der Waals surface area contributed by atoms with Gasteiger partial charge in [0.25, 0.3) is 0 Å². The zero-order valence-electron chi connectivity index (χ0n) is 4.20. The van der Waals surface area contributed by atoms with Gasteiger partial charge in [0.05, 0.1) is 6.20 Å². The lowest BCUT2D eigenvalue weighted by atomic mass is 10.6. The van der Waals surface area contributed by atoms with E-state index in [4.69, 9.17) is 5.73 Å². The van der Waals surface area contributed by atoms with Gasteiger partial charge in [-0.3, -0.25) is 4.99 Å². The van der Waals surface area contributed by atoms with Crippen molar-refractivity contribution in [3.8, 4) is 0 Å². The number of nitrogens with zero attached hydrogens (tertiary/aromatic N) is 2. The van der Waals surface area contributed by atoms with Crippen LogP contribution in [0.4, 0.5) is 0 Å². The summed E-state index contributed by atoms with van der Waals surface area (Å²) in [7, 11) is 0. The van der Waals surface area contributed by atoms with Gasteiger partial charge in [0.1, 0.15) is 5.82 Å². The fourth-order valence-corrected chi connectivity index (χ4v) is 0.336. The molecule has 3 heteroatoms.